The predicted molar refractivity (Wildman–Crippen MR) is 123 cm³/mol. The first-order valence-electron chi connectivity index (χ1n) is 10.8. The minimum absolute atomic E-state index is 0.167. The number of aromatic amines is 1. The second-order valence-electron chi connectivity index (χ2n) is 8.03. The first kappa shape index (κ1) is 21.3. The lowest BCUT2D eigenvalue weighted by atomic mass is 9.95. The maximum absolute atomic E-state index is 13.0. The fourth-order valence-corrected chi connectivity index (χ4v) is 4.95. The Labute approximate surface area is 186 Å². The summed E-state index contributed by atoms with van der Waals surface area (Å²) in [7, 11) is 0. The quantitative estimate of drug-likeness (QED) is 0.497. The van der Waals surface area contributed by atoms with Crippen LogP contribution >= 0.6 is 11.3 Å². The van der Waals surface area contributed by atoms with Crippen LogP contribution in [0.15, 0.2) is 30.3 Å². The molecule has 1 aliphatic rings. The van der Waals surface area contributed by atoms with Gasteiger partial charge in [0.25, 0.3) is 5.91 Å². The van der Waals surface area contributed by atoms with E-state index in [1.165, 1.54) is 16.2 Å². The number of esters is 1. The number of thiophene rings is 1. The Balaban J connectivity index is 1.59. The fourth-order valence-electron chi connectivity index (χ4n) is 3.68. The monoisotopic (exact) mass is 437 g/mol. The Kier molecular flexibility index (Phi) is 6.23. The van der Waals surface area contributed by atoms with Crippen molar-refractivity contribution in [2.75, 3.05) is 5.32 Å². The minimum Gasteiger partial charge on any atom is -0.459 e. The topological polar surface area (TPSA) is 84.1 Å². The van der Waals surface area contributed by atoms with Gasteiger partial charge in [-0.3, -0.25) is 9.89 Å². The number of aromatic nitrogens is 2. The van der Waals surface area contributed by atoms with Crippen molar-refractivity contribution in [3.63, 3.8) is 0 Å². The molecule has 1 unspecified atom stereocenters. The predicted octanol–water partition coefficient (Wildman–Crippen LogP) is 5.53. The van der Waals surface area contributed by atoms with Crippen LogP contribution in [0.1, 0.15) is 70.0 Å². The normalized spacial score (nSPS) is 14.0. The second-order valence-corrected chi connectivity index (χ2v) is 9.13. The molecule has 2 heterocycles. The highest BCUT2D eigenvalue weighted by atomic mass is 32.1. The lowest BCUT2D eigenvalue weighted by Crippen LogP contribution is -2.19. The first-order valence-corrected chi connectivity index (χ1v) is 11.6. The van der Waals surface area contributed by atoms with Crippen LogP contribution in [0.4, 0.5) is 5.00 Å². The number of ether oxygens (including phenoxy) is 1. The Hall–Kier alpha value is -2.93. The molecule has 6 nitrogen and oxygen atoms in total. The number of nitrogens with one attached hydrogen (secondary N) is 2. The van der Waals surface area contributed by atoms with Crippen molar-refractivity contribution in [1.29, 1.82) is 0 Å². The van der Waals surface area contributed by atoms with Gasteiger partial charge in [-0.2, -0.15) is 5.10 Å². The largest absolute Gasteiger partial charge is 0.459 e. The van der Waals surface area contributed by atoms with Gasteiger partial charge in [0.1, 0.15) is 10.7 Å². The SMILES string of the molecule is CCC(C)OC(=O)c1c(NC(=O)c2cc(-c3ccc(C)cc3)n[nH]2)sc2c1CCCC2. The standard InChI is InChI=1S/C24H27N3O3S/c1-4-15(3)30-24(29)21-17-7-5-6-8-20(17)31-23(21)25-22(28)19-13-18(26-27-19)16-11-9-14(2)10-12-16/h9-13,15H,4-8H2,1-3H3,(H,25,28)(H,26,27). The van der Waals surface area contributed by atoms with Gasteiger partial charge in [0, 0.05) is 10.4 Å². The Morgan fingerprint density at radius 2 is 1.97 bits per heavy atom. The van der Waals surface area contributed by atoms with Crippen LogP contribution in [0.25, 0.3) is 11.3 Å². The number of rotatable bonds is 6. The van der Waals surface area contributed by atoms with Gasteiger partial charge in [-0.25, -0.2) is 4.79 Å². The van der Waals surface area contributed by atoms with Crippen molar-refractivity contribution in [2.45, 2.75) is 59.0 Å². The van der Waals surface area contributed by atoms with Gasteiger partial charge in [0.05, 0.1) is 17.4 Å². The number of nitrogens with zero attached hydrogens (tertiary/aromatic N) is 1. The van der Waals surface area contributed by atoms with Crippen LogP contribution in [-0.2, 0) is 17.6 Å². The number of carbonyl (C=O) groups is 2. The molecule has 0 aliphatic heterocycles. The number of hydrogen-bond donors (Lipinski definition) is 2. The summed E-state index contributed by atoms with van der Waals surface area (Å²) < 4.78 is 5.61. The molecule has 31 heavy (non-hydrogen) atoms. The van der Waals surface area contributed by atoms with E-state index in [1.807, 2.05) is 45.0 Å². The molecule has 1 aromatic carbocycles. The molecule has 0 bridgehead atoms. The van der Waals surface area contributed by atoms with E-state index in [0.717, 1.165) is 48.8 Å². The number of amides is 1. The fraction of sp³-hybridized carbons (Fsp3) is 0.375. The minimum atomic E-state index is -0.353. The molecule has 0 saturated carbocycles. The molecule has 0 spiro atoms. The zero-order valence-electron chi connectivity index (χ0n) is 18.1. The molecule has 0 saturated heterocycles. The molecule has 0 fully saturated rings. The smallest absolute Gasteiger partial charge is 0.341 e. The van der Waals surface area contributed by atoms with Crippen LogP contribution in [0, 0.1) is 6.92 Å². The van der Waals surface area contributed by atoms with Crippen molar-refractivity contribution < 1.29 is 14.3 Å². The summed E-state index contributed by atoms with van der Waals surface area (Å²) in [5.74, 6) is -0.670. The summed E-state index contributed by atoms with van der Waals surface area (Å²) in [5.41, 5.74) is 4.70. The van der Waals surface area contributed by atoms with Gasteiger partial charge in [0.2, 0.25) is 0 Å². The second kappa shape index (κ2) is 9.06. The van der Waals surface area contributed by atoms with E-state index in [4.69, 9.17) is 4.74 Å². The van der Waals surface area contributed by atoms with Crippen molar-refractivity contribution in [3.05, 3.63) is 57.6 Å². The number of H-pyrrole nitrogens is 1. The lowest BCUT2D eigenvalue weighted by Gasteiger charge is -2.15. The number of carbonyl (C=O) groups excluding carboxylic acids is 2. The van der Waals surface area contributed by atoms with Gasteiger partial charge in [0.15, 0.2) is 0 Å². The average Bonchev–Trinajstić information content (AvgIpc) is 3.39. The molecule has 162 valence electrons. The van der Waals surface area contributed by atoms with Crippen LogP contribution < -0.4 is 5.32 Å². The third-order valence-corrected chi connectivity index (χ3v) is 6.86. The number of aryl methyl sites for hydroxylation is 2. The van der Waals surface area contributed by atoms with E-state index >= 15 is 0 Å². The number of anilines is 1. The molecule has 0 radical (unpaired) electrons. The highest BCUT2D eigenvalue weighted by Crippen LogP contribution is 2.39. The Morgan fingerprint density at radius 3 is 2.71 bits per heavy atom. The molecule has 1 aliphatic carbocycles. The summed E-state index contributed by atoms with van der Waals surface area (Å²) in [6.45, 7) is 5.89. The molecule has 3 aromatic rings. The number of benzene rings is 1. The van der Waals surface area contributed by atoms with Crippen molar-refractivity contribution in [1.82, 2.24) is 10.2 Å². The van der Waals surface area contributed by atoms with Crippen molar-refractivity contribution >= 4 is 28.2 Å². The summed E-state index contributed by atoms with van der Waals surface area (Å²) in [6.07, 6.45) is 4.49. The Morgan fingerprint density at radius 1 is 1.23 bits per heavy atom. The van der Waals surface area contributed by atoms with E-state index in [1.54, 1.807) is 6.07 Å². The molecule has 4 rings (SSSR count). The van der Waals surface area contributed by atoms with E-state index < -0.39 is 0 Å². The summed E-state index contributed by atoms with van der Waals surface area (Å²) >= 11 is 1.49. The van der Waals surface area contributed by atoms with Crippen LogP contribution in [0.2, 0.25) is 0 Å². The zero-order valence-corrected chi connectivity index (χ0v) is 18.9. The highest BCUT2D eigenvalue weighted by Gasteiger charge is 2.28. The molecule has 2 N–H and O–H groups in total. The molecule has 2 aromatic heterocycles. The van der Waals surface area contributed by atoms with Gasteiger partial charge < -0.3 is 10.1 Å². The molecule has 1 atom stereocenters. The molecule has 1 amide bonds. The number of fused-ring (bicyclic) bond motifs is 1. The van der Waals surface area contributed by atoms with E-state index in [0.29, 0.717) is 22.0 Å². The van der Waals surface area contributed by atoms with Gasteiger partial charge >= 0.3 is 5.97 Å². The zero-order chi connectivity index (χ0) is 22.0. The summed E-state index contributed by atoms with van der Waals surface area (Å²) in [5, 5.41) is 10.6. The van der Waals surface area contributed by atoms with Crippen LogP contribution in [0.5, 0.6) is 0 Å². The molecule has 7 heteroatoms. The Bertz CT molecular complexity index is 1100. The van der Waals surface area contributed by atoms with Gasteiger partial charge in [-0.05, 0) is 57.6 Å². The molecular weight excluding hydrogens is 410 g/mol. The third kappa shape index (κ3) is 4.56. The van der Waals surface area contributed by atoms with E-state index in [9.17, 15) is 9.59 Å². The first-order chi connectivity index (χ1) is 15.0. The highest BCUT2D eigenvalue weighted by molar-refractivity contribution is 7.17. The maximum Gasteiger partial charge on any atom is 0.341 e. The lowest BCUT2D eigenvalue weighted by molar-refractivity contribution is 0.0335. The number of hydrogen-bond acceptors (Lipinski definition) is 5. The van der Waals surface area contributed by atoms with Gasteiger partial charge in [-0.15, -0.1) is 11.3 Å². The summed E-state index contributed by atoms with van der Waals surface area (Å²) in [4.78, 5) is 27.0. The third-order valence-electron chi connectivity index (χ3n) is 5.66. The average molecular weight is 438 g/mol. The molecular formula is C24H27N3O3S. The van der Waals surface area contributed by atoms with Crippen molar-refractivity contribution in [2.24, 2.45) is 0 Å². The van der Waals surface area contributed by atoms with Gasteiger partial charge in [-0.1, -0.05) is 36.8 Å². The van der Waals surface area contributed by atoms with E-state index in [-0.39, 0.29) is 18.0 Å². The van der Waals surface area contributed by atoms with Crippen LogP contribution in [-0.4, -0.2) is 28.2 Å². The summed E-state index contributed by atoms with van der Waals surface area (Å²) in [6, 6.07) is 9.70. The van der Waals surface area contributed by atoms with Crippen LogP contribution in [0.3, 0.4) is 0 Å². The van der Waals surface area contributed by atoms with E-state index in [2.05, 4.69) is 15.5 Å². The maximum atomic E-state index is 13.0. The van der Waals surface area contributed by atoms with Crippen molar-refractivity contribution in [3.8, 4) is 11.3 Å².